The lowest BCUT2D eigenvalue weighted by molar-refractivity contribution is 0.309. The lowest BCUT2D eigenvalue weighted by Gasteiger charge is -2.10. The molecule has 1 aromatic rings. The highest BCUT2D eigenvalue weighted by Gasteiger charge is 2.05. The lowest BCUT2D eigenvalue weighted by Crippen LogP contribution is -1.96. The van der Waals surface area contributed by atoms with E-state index in [9.17, 15) is 0 Å². The van der Waals surface area contributed by atoms with Crippen LogP contribution in [0.3, 0.4) is 0 Å². The molecule has 0 radical (unpaired) electrons. The molecule has 1 aromatic carbocycles. The van der Waals surface area contributed by atoms with Crippen LogP contribution in [0.4, 0.5) is 0 Å². The van der Waals surface area contributed by atoms with Gasteiger partial charge in [-0.3, -0.25) is 0 Å². The first kappa shape index (κ1) is 10.3. The Morgan fingerprint density at radius 3 is 1.92 bits per heavy atom. The third kappa shape index (κ3) is 2.56. The minimum Gasteiger partial charge on any atom is -0.493 e. The Balaban J connectivity index is 2.89. The number of hydrogen-bond donors (Lipinski definition) is 1. The second-order valence-electron chi connectivity index (χ2n) is 2.47. The van der Waals surface area contributed by atoms with Gasteiger partial charge in [-0.05, 0) is 26.0 Å². The summed E-state index contributed by atoms with van der Waals surface area (Å²) in [5.74, 6) is 1.55. The van der Waals surface area contributed by atoms with Gasteiger partial charge in [0, 0.05) is 0 Å². The van der Waals surface area contributed by atoms with Gasteiger partial charge in [0.2, 0.25) is 0 Å². The molecule has 13 heavy (non-hydrogen) atoms. The van der Waals surface area contributed by atoms with Gasteiger partial charge in [0.05, 0.1) is 18.1 Å². The molecule has 72 valence electrons. The first-order valence-electron chi connectivity index (χ1n) is 4.37. The summed E-state index contributed by atoms with van der Waals surface area (Å²) in [6.45, 7) is 5.17. The van der Waals surface area contributed by atoms with Crippen LogP contribution in [0.15, 0.2) is 23.1 Å². The van der Waals surface area contributed by atoms with E-state index in [4.69, 9.17) is 9.47 Å². The van der Waals surface area contributed by atoms with Crippen LogP contribution in [0.5, 0.6) is 11.5 Å². The standard InChI is InChI=1S/C10H14O2S/c1-3-11-8-6-5-7-9(10(8)13)12-4-2/h5-7,13H,3-4H2,1-2H3. The topological polar surface area (TPSA) is 18.5 Å². The van der Waals surface area contributed by atoms with Crippen molar-refractivity contribution in [2.75, 3.05) is 13.2 Å². The Morgan fingerprint density at radius 1 is 1.08 bits per heavy atom. The Hall–Kier alpha value is -0.830. The third-order valence-corrected chi connectivity index (χ3v) is 2.00. The van der Waals surface area contributed by atoms with Crippen LogP contribution >= 0.6 is 12.6 Å². The van der Waals surface area contributed by atoms with Crippen molar-refractivity contribution in [3.63, 3.8) is 0 Å². The van der Waals surface area contributed by atoms with Crippen LogP contribution in [0.1, 0.15) is 13.8 Å². The second-order valence-corrected chi connectivity index (χ2v) is 2.92. The Morgan fingerprint density at radius 2 is 1.54 bits per heavy atom. The summed E-state index contributed by atoms with van der Waals surface area (Å²) in [5, 5.41) is 0. The molecule has 0 fully saturated rings. The second kappa shape index (κ2) is 5.02. The van der Waals surface area contributed by atoms with E-state index in [1.54, 1.807) is 0 Å². The van der Waals surface area contributed by atoms with Gasteiger partial charge in [0.15, 0.2) is 0 Å². The first-order valence-corrected chi connectivity index (χ1v) is 4.81. The normalized spacial score (nSPS) is 9.77. The average Bonchev–Trinajstić information content (AvgIpc) is 2.13. The molecule has 0 spiro atoms. The Labute approximate surface area is 84.3 Å². The van der Waals surface area contributed by atoms with Crippen molar-refractivity contribution in [2.24, 2.45) is 0 Å². The van der Waals surface area contributed by atoms with Crippen LogP contribution in [0, 0.1) is 0 Å². The molecule has 1 rings (SSSR count). The van der Waals surface area contributed by atoms with Crippen molar-refractivity contribution in [1.82, 2.24) is 0 Å². The van der Waals surface area contributed by atoms with Crippen LogP contribution in [0.2, 0.25) is 0 Å². The molecule has 0 aromatic heterocycles. The Bertz CT molecular complexity index is 249. The summed E-state index contributed by atoms with van der Waals surface area (Å²) < 4.78 is 10.7. The van der Waals surface area contributed by atoms with Gasteiger partial charge in [-0.15, -0.1) is 12.6 Å². The molecule has 0 saturated heterocycles. The molecule has 0 atom stereocenters. The number of benzene rings is 1. The molecule has 0 saturated carbocycles. The molecule has 0 unspecified atom stereocenters. The molecule has 0 N–H and O–H groups in total. The van der Waals surface area contributed by atoms with Crippen LogP contribution in [0.25, 0.3) is 0 Å². The summed E-state index contributed by atoms with van der Waals surface area (Å²) >= 11 is 4.33. The highest BCUT2D eigenvalue weighted by Crippen LogP contribution is 2.31. The first-order chi connectivity index (χ1) is 6.29. The van der Waals surface area contributed by atoms with E-state index in [-0.39, 0.29) is 0 Å². The highest BCUT2D eigenvalue weighted by molar-refractivity contribution is 7.80. The van der Waals surface area contributed by atoms with E-state index in [0.717, 1.165) is 16.4 Å². The Kier molecular flexibility index (Phi) is 3.96. The summed E-state index contributed by atoms with van der Waals surface area (Å²) in [4.78, 5) is 0.770. The van der Waals surface area contributed by atoms with E-state index in [1.165, 1.54) is 0 Å². The number of ether oxygens (including phenoxy) is 2. The van der Waals surface area contributed by atoms with Gasteiger partial charge < -0.3 is 9.47 Å². The smallest absolute Gasteiger partial charge is 0.136 e. The van der Waals surface area contributed by atoms with Gasteiger partial charge in [-0.2, -0.15) is 0 Å². The quantitative estimate of drug-likeness (QED) is 0.750. The zero-order chi connectivity index (χ0) is 9.68. The summed E-state index contributed by atoms with van der Waals surface area (Å²) in [7, 11) is 0. The predicted octanol–water partition coefficient (Wildman–Crippen LogP) is 2.77. The van der Waals surface area contributed by atoms with E-state index in [2.05, 4.69) is 12.6 Å². The average molecular weight is 198 g/mol. The van der Waals surface area contributed by atoms with Gasteiger partial charge in [0.25, 0.3) is 0 Å². The molecule has 2 nitrogen and oxygen atoms in total. The van der Waals surface area contributed by atoms with Crippen molar-refractivity contribution in [3.05, 3.63) is 18.2 Å². The molecule has 3 heteroatoms. The molecule has 0 aliphatic heterocycles. The fourth-order valence-electron chi connectivity index (χ4n) is 1.05. The number of hydrogen-bond acceptors (Lipinski definition) is 3. The van der Waals surface area contributed by atoms with Gasteiger partial charge >= 0.3 is 0 Å². The van der Waals surface area contributed by atoms with Crippen molar-refractivity contribution < 1.29 is 9.47 Å². The largest absolute Gasteiger partial charge is 0.493 e. The van der Waals surface area contributed by atoms with E-state index in [1.807, 2.05) is 32.0 Å². The zero-order valence-corrected chi connectivity index (χ0v) is 8.80. The van der Waals surface area contributed by atoms with E-state index >= 15 is 0 Å². The van der Waals surface area contributed by atoms with Crippen LogP contribution in [-0.4, -0.2) is 13.2 Å². The maximum absolute atomic E-state index is 5.37. The van der Waals surface area contributed by atoms with Gasteiger partial charge in [0.1, 0.15) is 11.5 Å². The van der Waals surface area contributed by atoms with Crippen molar-refractivity contribution >= 4 is 12.6 Å². The molecule has 0 aliphatic carbocycles. The lowest BCUT2D eigenvalue weighted by atomic mass is 10.3. The van der Waals surface area contributed by atoms with Crippen molar-refractivity contribution in [2.45, 2.75) is 18.7 Å². The summed E-state index contributed by atoms with van der Waals surface area (Å²) in [5.41, 5.74) is 0. The molecule has 0 amide bonds. The van der Waals surface area contributed by atoms with Gasteiger partial charge in [-0.1, -0.05) is 6.07 Å². The van der Waals surface area contributed by atoms with E-state index < -0.39 is 0 Å². The number of thiol groups is 1. The zero-order valence-electron chi connectivity index (χ0n) is 7.91. The minimum atomic E-state index is 0.642. The SMILES string of the molecule is CCOc1cccc(OCC)c1S. The summed E-state index contributed by atoms with van der Waals surface area (Å²) in [6.07, 6.45) is 0. The molecule has 0 heterocycles. The maximum Gasteiger partial charge on any atom is 0.136 e. The molecular formula is C10H14O2S. The van der Waals surface area contributed by atoms with Crippen LogP contribution in [-0.2, 0) is 0 Å². The molecule has 0 aliphatic rings. The molecule has 0 bridgehead atoms. The summed E-state index contributed by atoms with van der Waals surface area (Å²) in [6, 6.07) is 5.67. The minimum absolute atomic E-state index is 0.642. The third-order valence-electron chi connectivity index (χ3n) is 1.56. The van der Waals surface area contributed by atoms with E-state index in [0.29, 0.717) is 13.2 Å². The maximum atomic E-state index is 5.37. The van der Waals surface area contributed by atoms with Crippen molar-refractivity contribution in [3.8, 4) is 11.5 Å². The molecular weight excluding hydrogens is 184 g/mol. The number of rotatable bonds is 4. The van der Waals surface area contributed by atoms with Crippen molar-refractivity contribution in [1.29, 1.82) is 0 Å². The fourth-order valence-corrected chi connectivity index (χ4v) is 1.32. The monoisotopic (exact) mass is 198 g/mol. The predicted molar refractivity (Wildman–Crippen MR) is 56.0 cm³/mol. The van der Waals surface area contributed by atoms with Crippen LogP contribution < -0.4 is 9.47 Å². The highest BCUT2D eigenvalue weighted by atomic mass is 32.1. The fraction of sp³-hybridized carbons (Fsp3) is 0.400. The van der Waals surface area contributed by atoms with Gasteiger partial charge in [-0.25, -0.2) is 0 Å².